The molecule has 1 nitrogen and oxygen atoms in total. The molecule has 0 N–H and O–H groups in total. The number of likely N-dealkylation sites (N-methyl/N-ethyl adjacent to an activating group) is 1. The van der Waals surface area contributed by atoms with Crippen LogP contribution >= 0.6 is 11.3 Å². The summed E-state index contributed by atoms with van der Waals surface area (Å²) in [5.41, 5.74) is 0.350. The van der Waals surface area contributed by atoms with E-state index in [1.54, 1.807) is 18.2 Å². The minimum Gasteiger partial charge on any atom is -0.375 e. The monoisotopic (exact) mass is 295 g/mol. The van der Waals surface area contributed by atoms with E-state index in [1.807, 2.05) is 20.0 Å². The van der Waals surface area contributed by atoms with Gasteiger partial charge in [0.05, 0.1) is 12.6 Å². The zero-order valence-electron chi connectivity index (χ0n) is 11.8. The van der Waals surface area contributed by atoms with Crippen molar-refractivity contribution in [2.75, 3.05) is 20.3 Å². The average Bonchev–Trinajstić information content (AvgIpc) is 2.86. The number of likely N-dealkylation sites (tertiary alicyclic amines) is 1. The molecule has 1 aromatic rings. The zero-order chi connectivity index (χ0) is 14.3. The highest BCUT2D eigenvalue weighted by molar-refractivity contribution is 7.12. The van der Waals surface area contributed by atoms with Gasteiger partial charge in [0.1, 0.15) is 0 Å². The summed E-state index contributed by atoms with van der Waals surface area (Å²) in [7, 11) is 1.99. The number of alkyl halides is 2. The largest absolute Gasteiger partial charge is 0.375 e. The fourth-order valence-electron chi connectivity index (χ4n) is 3.10. The van der Waals surface area contributed by atoms with E-state index >= 15 is 4.39 Å². The van der Waals surface area contributed by atoms with E-state index in [0.29, 0.717) is 4.88 Å². The quantitative estimate of drug-likeness (QED) is 0.783. The number of hydrogen-bond acceptors (Lipinski definition) is 2. The Morgan fingerprint density at radius 2 is 2.25 bits per heavy atom. The van der Waals surface area contributed by atoms with Crippen molar-refractivity contribution in [1.82, 2.24) is 4.90 Å². The van der Waals surface area contributed by atoms with Gasteiger partial charge in [-0.25, -0.2) is 4.39 Å². The van der Waals surface area contributed by atoms with Gasteiger partial charge in [0, 0.05) is 29.0 Å². The molecular weight excluding hydrogens is 276 g/mol. The number of allylic oxidation sites excluding steroid dienone is 3. The van der Waals surface area contributed by atoms with Gasteiger partial charge in [-0.05, 0) is 43.5 Å². The Morgan fingerprint density at radius 3 is 2.90 bits per heavy atom. The lowest BCUT2D eigenvalue weighted by Gasteiger charge is -2.38. The van der Waals surface area contributed by atoms with Gasteiger partial charge < -0.3 is 4.90 Å². The van der Waals surface area contributed by atoms with Crippen molar-refractivity contribution in [3.05, 3.63) is 45.3 Å². The van der Waals surface area contributed by atoms with E-state index in [4.69, 9.17) is 0 Å². The normalized spacial score (nSPS) is 29.8. The van der Waals surface area contributed by atoms with Gasteiger partial charge >= 0.3 is 0 Å². The van der Waals surface area contributed by atoms with E-state index in [-0.39, 0.29) is 0 Å². The summed E-state index contributed by atoms with van der Waals surface area (Å²) in [5, 5.41) is 0. The summed E-state index contributed by atoms with van der Waals surface area (Å²) < 4.78 is 28.9. The van der Waals surface area contributed by atoms with Crippen LogP contribution < -0.4 is 0 Å². The number of thiophene rings is 1. The predicted octanol–water partition coefficient (Wildman–Crippen LogP) is 4.36. The van der Waals surface area contributed by atoms with Crippen LogP contribution in [0.4, 0.5) is 8.78 Å². The third-order valence-electron chi connectivity index (χ3n) is 4.25. The standard InChI is InChI=1S/C16H19F2NS/c1-11-5-6-15(20-11)16(18)9-12-4-3-7-19(2)14(12)8-13(16)10-17/h5-6,8-9,13H,3-4,7,10H2,1-2H3. The predicted molar refractivity (Wildman–Crippen MR) is 79.3 cm³/mol. The van der Waals surface area contributed by atoms with Crippen LogP contribution in [0, 0.1) is 12.8 Å². The number of halogens is 2. The highest BCUT2D eigenvalue weighted by Crippen LogP contribution is 2.47. The third kappa shape index (κ3) is 2.10. The molecule has 1 aromatic heterocycles. The van der Waals surface area contributed by atoms with Crippen LogP contribution in [0.25, 0.3) is 0 Å². The number of aryl methyl sites for hydroxylation is 1. The van der Waals surface area contributed by atoms with Crippen molar-refractivity contribution in [3.8, 4) is 0 Å². The molecule has 0 spiro atoms. The second-order valence-corrected chi connectivity index (χ2v) is 6.97. The highest BCUT2D eigenvalue weighted by Gasteiger charge is 2.43. The van der Waals surface area contributed by atoms with Crippen molar-refractivity contribution >= 4 is 11.3 Å². The summed E-state index contributed by atoms with van der Waals surface area (Å²) in [6, 6.07) is 3.70. The molecule has 1 aliphatic heterocycles. The molecule has 2 heterocycles. The first-order valence-corrected chi connectivity index (χ1v) is 7.83. The van der Waals surface area contributed by atoms with Crippen LogP contribution in [0.2, 0.25) is 0 Å². The van der Waals surface area contributed by atoms with E-state index in [1.165, 1.54) is 11.3 Å². The molecule has 4 heteroatoms. The lowest BCUT2D eigenvalue weighted by Crippen LogP contribution is -2.36. The minimum atomic E-state index is -1.69. The molecule has 0 bridgehead atoms. The first kappa shape index (κ1) is 13.8. The second-order valence-electron chi connectivity index (χ2n) is 5.69. The third-order valence-corrected chi connectivity index (χ3v) is 5.37. The maximum absolute atomic E-state index is 15.5. The van der Waals surface area contributed by atoms with Crippen LogP contribution in [0.3, 0.4) is 0 Å². The average molecular weight is 295 g/mol. The summed E-state index contributed by atoms with van der Waals surface area (Å²) in [5.74, 6) is -0.722. The van der Waals surface area contributed by atoms with Gasteiger partial charge in [0.25, 0.3) is 0 Å². The topological polar surface area (TPSA) is 3.24 Å². The minimum absolute atomic E-state index is 0.619. The molecule has 1 fully saturated rings. The Morgan fingerprint density at radius 1 is 1.45 bits per heavy atom. The highest BCUT2D eigenvalue weighted by atomic mass is 32.1. The van der Waals surface area contributed by atoms with Crippen LogP contribution in [0.1, 0.15) is 22.6 Å². The smallest absolute Gasteiger partial charge is 0.172 e. The Labute approximate surface area is 122 Å². The van der Waals surface area contributed by atoms with Crippen LogP contribution in [0.5, 0.6) is 0 Å². The van der Waals surface area contributed by atoms with Gasteiger partial charge in [-0.3, -0.25) is 4.39 Å². The van der Waals surface area contributed by atoms with Crippen LogP contribution in [0.15, 0.2) is 35.6 Å². The van der Waals surface area contributed by atoms with Crippen molar-refractivity contribution in [1.29, 1.82) is 0 Å². The molecule has 2 aliphatic rings. The Kier molecular flexibility index (Phi) is 3.44. The maximum Gasteiger partial charge on any atom is 0.172 e. The fourth-order valence-corrected chi connectivity index (χ4v) is 4.09. The molecule has 0 radical (unpaired) electrons. The van der Waals surface area contributed by atoms with Crippen LogP contribution in [-0.2, 0) is 5.67 Å². The van der Waals surface area contributed by atoms with E-state index in [9.17, 15) is 4.39 Å². The van der Waals surface area contributed by atoms with E-state index < -0.39 is 18.3 Å². The first-order chi connectivity index (χ1) is 9.54. The zero-order valence-corrected chi connectivity index (χ0v) is 12.6. The molecular formula is C16H19F2NS. The van der Waals surface area contributed by atoms with Gasteiger partial charge in [0.15, 0.2) is 5.67 Å². The second kappa shape index (κ2) is 4.99. The summed E-state index contributed by atoms with van der Waals surface area (Å²) >= 11 is 1.42. The fraction of sp³-hybridized carbons (Fsp3) is 0.500. The SMILES string of the molecule is Cc1ccc(C2(F)C=C3CCCN(C)C3=CC2CF)s1. The number of nitrogens with zero attached hydrogens (tertiary/aromatic N) is 1. The number of rotatable bonds is 2. The molecule has 3 rings (SSSR count). The molecule has 20 heavy (non-hydrogen) atoms. The number of hydrogen-bond donors (Lipinski definition) is 0. The van der Waals surface area contributed by atoms with E-state index in [0.717, 1.165) is 35.5 Å². The van der Waals surface area contributed by atoms with Crippen molar-refractivity contribution in [2.24, 2.45) is 5.92 Å². The summed E-state index contributed by atoms with van der Waals surface area (Å²) in [6.45, 7) is 2.24. The molecule has 2 unspecified atom stereocenters. The van der Waals surface area contributed by atoms with Gasteiger partial charge in [0.2, 0.25) is 0 Å². The van der Waals surface area contributed by atoms with Gasteiger partial charge in [-0.15, -0.1) is 11.3 Å². The lowest BCUT2D eigenvalue weighted by molar-refractivity contribution is 0.138. The molecule has 0 saturated carbocycles. The molecule has 108 valence electrons. The van der Waals surface area contributed by atoms with Crippen molar-refractivity contribution in [3.63, 3.8) is 0 Å². The molecule has 1 aliphatic carbocycles. The summed E-state index contributed by atoms with van der Waals surface area (Å²) in [4.78, 5) is 3.79. The number of piperidine rings is 1. The van der Waals surface area contributed by atoms with Crippen molar-refractivity contribution < 1.29 is 8.78 Å². The van der Waals surface area contributed by atoms with Gasteiger partial charge in [-0.2, -0.15) is 0 Å². The molecule has 1 saturated heterocycles. The molecule has 0 amide bonds. The lowest BCUT2D eigenvalue weighted by atomic mass is 9.79. The Hall–Kier alpha value is -1.16. The molecule has 2 atom stereocenters. The molecule has 0 aromatic carbocycles. The van der Waals surface area contributed by atoms with Crippen molar-refractivity contribution in [2.45, 2.75) is 25.4 Å². The number of fused-ring (bicyclic) bond motifs is 1. The van der Waals surface area contributed by atoms with Gasteiger partial charge in [-0.1, -0.05) is 6.08 Å². The van der Waals surface area contributed by atoms with Crippen LogP contribution in [-0.4, -0.2) is 25.2 Å². The Bertz CT molecular complexity index is 575. The summed E-state index contributed by atoms with van der Waals surface area (Å²) in [6.07, 6.45) is 5.38. The Balaban J connectivity index is 2.05. The maximum atomic E-state index is 15.5. The first-order valence-electron chi connectivity index (χ1n) is 7.01. The van der Waals surface area contributed by atoms with E-state index in [2.05, 4.69) is 4.90 Å².